The molecular formula is C22H18Br2Cl6N3O4S4-. The number of hydrogen-bond acceptors (Lipinski definition) is 11. The Morgan fingerprint density at radius 2 is 1.56 bits per heavy atom. The number of esters is 2. The molecule has 0 amide bonds. The largest absolute Gasteiger partial charge is 1.00 e. The van der Waals surface area contributed by atoms with Crippen LogP contribution in [0, 0.1) is 0 Å². The van der Waals surface area contributed by atoms with Crippen molar-refractivity contribution in [1.82, 2.24) is 4.37 Å². The van der Waals surface area contributed by atoms with Crippen molar-refractivity contribution in [3.8, 4) is 0 Å². The highest BCUT2D eigenvalue weighted by molar-refractivity contribution is 9.10. The fourth-order valence-corrected chi connectivity index (χ4v) is 7.79. The maximum atomic E-state index is 11.6. The zero-order chi connectivity index (χ0) is 30.2. The van der Waals surface area contributed by atoms with Gasteiger partial charge in [-0.05, 0) is 52.1 Å². The van der Waals surface area contributed by atoms with Crippen LogP contribution >= 0.6 is 132 Å². The second kappa shape index (κ2) is 22.6. The van der Waals surface area contributed by atoms with Gasteiger partial charge in [-0.2, -0.15) is 4.37 Å². The topological polar surface area (TPSA) is 104 Å². The third kappa shape index (κ3) is 15.1. The van der Waals surface area contributed by atoms with Crippen LogP contribution < -0.4 is 22.8 Å². The third-order valence-electron chi connectivity index (χ3n) is 3.93. The van der Waals surface area contributed by atoms with Crippen molar-refractivity contribution in [3.05, 3.63) is 76.7 Å². The number of hydrogen-bond donors (Lipinski definition) is 1. The minimum atomic E-state index is -0.439. The van der Waals surface area contributed by atoms with Gasteiger partial charge in [0.1, 0.15) is 4.71 Å². The van der Waals surface area contributed by atoms with Crippen LogP contribution in [-0.4, -0.2) is 40.6 Å². The molecule has 226 valence electrons. The Morgan fingerprint density at radius 3 is 1.98 bits per heavy atom. The Morgan fingerprint density at radius 1 is 1.02 bits per heavy atom. The van der Waals surface area contributed by atoms with E-state index >= 15 is 0 Å². The first-order valence-corrected chi connectivity index (χ1v) is 18.3. The zero-order valence-electron chi connectivity index (χ0n) is 20.6. The molecule has 1 atom stereocenters. The van der Waals surface area contributed by atoms with Crippen LogP contribution in [0.15, 0.2) is 60.8 Å². The highest BCUT2D eigenvalue weighted by atomic mass is 79.9. The number of anilines is 1. The van der Waals surface area contributed by atoms with Crippen LogP contribution in [0.1, 0.15) is 20.7 Å². The monoisotopic (exact) mass is 884 g/mol. The first-order valence-electron chi connectivity index (χ1n) is 10.1. The van der Waals surface area contributed by atoms with E-state index in [0.717, 1.165) is 14.0 Å². The molecule has 0 spiro atoms. The average molecular weight is 889 g/mol. The summed E-state index contributed by atoms with van der Waals surface area (Å²) < 4.78 is 15.4. The number of carbonyl (C=O) groups excluding carboxylic acids is 2. The standard InChI is InChI=1S/C10H6BrClN2O2S2.C8H8BrNO2.C3H2Cl2S2.CH2Cl2.ClH/c1-16-10(15)6-3-2-5(11)4-7(6)13-9-8(12)14-18-17-9;1-12-8(11)6-3-2-5(9)4-7(6)10;4-2-1-6-7-3(2)5;2-1-3;/h2-4H,1H3;2-4H,10H2,1H3;1,3H;1H2;1H/p-1. The van der Waals surface area contributed by atoms with Gasteiger partial charge in [0.25, 0.3) is 0 Å². The van der Waals surface area contributed by atoms with Gasteiger partial charge in [-0.25, -0.2) is 14.6 Å². The van der Waals surface area contributed by atoms with E-state index in [0.29, 0.717) is 32.3 Å². The number of aromatic nitrogens is 1. The van der Waals surface area contributed by atoms with Crippen molar-refractivity contribution in [3.63, 3.8) is 0 Å². The Hall–Kier alpha value is 0.100. The molecule has 0 radical (unpaired) electrons. The first kappa shape index (κ1) is 41.1. The van der Waals surface area contributed by atoms with E-state index in [1.54, 1.807) is 58.0 Å². The van der Waals surface area contributed by atoms with Gasteiger partial charge < -0.3 is 27.6 Å². The van der Waals surface area contributed by atoms with Gasteiger partial charge in [-0.1, -0.05) is 76.6 Å². The van der Waals surface area contributed by atoms with Crippen molar-refractivity contribution >= 4 is 156 Å². The number of nitrogen functional groups attached to an aromatic ring is 1. The number of halogens is 8. The van der Waals surface area contributed by atoms with Crippen molar-refractivity contribution < 1.29 is 31.5 Å². The molecule has 3 aromatic rings. The number of rotatable bonds is 3. The van der Waals surface area contributed by atoms with Gasteiger partial charge in [-0.3, -0.25) is 0 Å². The molecule has 41 heavy (non-hydrogen) atoms. The molecule has 4 rings (SSSR count). The fourth-order valence-electron chi connectivity index (χ4n) is 2.27. The Bertz CT molecular complexity index is 1380. The molecule has 1 aliphatic heterocycles. The van der Waals surface area contributed by atoms with Crippen LogP contribution in [0.5, 0.6) is 0 Å². The summed E-state index contributed by atoms with van der Waals surface area (Å²) in [7, 11) is 8.39. The molecule has 0 saturated carbocycles. The van der Waals surface area contributed by atoms with Crippen LogP contribution in [-0.2, 0) is 9.47 Å². The number of nitrogens with two attached hydrogens (primary N) is 1. The lowest BCUT2D eigenvalue weighted by atomic mass is 10.2. The molecule has 1 aliphatic rings. The van der Waals surface area contributed by atoms with E-state index in [4.69, 9.17) is 68.5 Å². The van der Waals surface area contributed by atoms with E-state index in [2.05, 4.69) is 46.0 Å². The fraction of sp³-hybridized carbons (Fsp3) is 0.182. The zero-order valence-corrected chi connectivity index (χ0v) is 31.6. The Kier molecular flexibility index (Phi) is 22.6. The van der Waals surface area contributed by atoms with E-state index in [1.807, 2.05) is 5.41 Å². The SMILES string of the molecule is COC(=O)c1ccc(Br)cc1N.COC(=O)c1ccc(Br)cc1N=c1ssnc1Cl.ClC1=CSSC1Cl.ClCCl.[Cl-]. The smallest absolute Gasteiger partial charge is 0.340 e. The van der Waals surface area contributed by atoms with Crippen LogP contribution in [0.3, 0.4) is 0 Å². The summed E-state index contributed by atoms with van der Waals surface area (Å²) in [6.45, 7) is 0. The predicted molar refractivity (Wildman–Crippen MR) is 181 cm³/mol. The molecule has 1 unspecified atom stereocenters. The highest BCUT2D eigenvalue weighted by Gasteiger charge is 2.15. The number of nitrogens with zero attached hydrogens (tertiary/aromatic N) is 2. The van der Waals surface area contributed by atoms with Gasteiger partial charge in [0.15, 0.2) is 9.82 Å². The lowest BCUT2D eigenvalue weighted by Gasteiger charge is -2.03. The molecule has 0 aliphatic carbocycles. The number of ether oxygens (including phenoxy) is 2. The van der Waals surface area contributed by atoms with E-state index in [-0.39, 0.29) is 22.5 Å². The van der Waals surface area contributed by atoms with Gasteiger partial charge in [-0.15, -0.1) is 34.8 Å². The predicted octanol–water partition coefficient (Wildman–Crippen LogP) is 6.91. The minimum absolute atomic E-state index is 0. The molecular weight excluding hydrogens is 871 g/mol. The summed E-state index contributed by atoms with van der Waals surface area (Å²) >= 11 is 33.1. The van der Waals surface area contributed by atoms with E-state index in [1.165, 1.54) is 35.1 Å². The van der Waals surface area contributed by atoms with Gasteiger partial charge in [0, 0.05) is 25.2 Å². The quantitative estimate of drug-likeness (QED) is 0.131. The Labute approximate surface area is 300 Å². The van der Waals surface area contributed by atoms with E-state index < -0.39 is 11.9 Å². The summed E-state index contributed by atoms with van der Waals surface area (Å²) in [5.41, 5.74) is 7.25. The van der Waals surface area contributed by atoms with Crippen molar-refractivity contribution in [2.45, 2.75) is 4.71 Å². The second-order valence-electron chi connectivity index (χ2n) is 6.45. The molecule has 2 N–H and O–H groups in total. The molecule has 0 saturated heterocycles. The van der Waals surface area contributed by atoms with Crippen LogP contribution in [0.2, 0.25) is 5.15 Å². The molecule has 2 aromatic carbocycles. The number of carbonyl (C=O) groups is 2. The number of benzene rings is 2. The number of alkyl halides is 3. The molecule has 0 fully saturated rings. The second-order valence-corrected chi connectivity index (χ2v) is 14.7. The average Bonchev–Trinajstić information content (AvgIpc) is 3.50. The number of methoxy groups -OCH3 is 2. The molecule has 7 nitrogen and oxygen atoms in total. The summed E-state index contributed by atoms with van der Waals surface area (Å²) in [4.78, 5) is 27.0. The highest BCUT2D eigenvalue weighted by Crippen LogP contribution is 2.44. The van der Waals surface area contributed by atoms with Gasteiger partial charge >= 0.3 is 11.9 Å². The van der Waals surface area contributed by atoms with Crippen molar-refractivity contribution in [2.75, 3.05) is 25.3 Å². The Balaban J connectivity index is 0.000000599. The first-order chi connectivity index (χ1) is 19.0. The molecule has 1 aromatic heterocycles. The van der Waals surface area contributed by atoms with E-state index in [9.17, 15) is 9.59 Å². The summed E-state index contributed by atoms with van der Waals surface area (Å²) in [6.07, 6.45) is 0. The maximum absolute atomic E-state index is 11.6. The van der Waals surface area contributed by atoms with Crippen molar-refractivity contribution in [2.24, 2.45) is 4.99 Å². The van der Waals surface area contributed by atoms with Gasteiger partial charge in [0.2, 0.25) is 0 Å². The van der Waals surface area contributed by atoms with Crippen molar-refractivity contribution in [1.29, 1.82) is 0 Å². The summed E-state index contributed by atoms with van der Waals surface area (Å²) in [6, 6.07) is 10.1. The van der Waals surface area contributed by atoms with Crippen LogP contribution in [0.25, 0.3) is 0 Å². The molecule has 2 heterocycles. The normalized spacial score (nSPS) is 13.5. The lowest BCUT2D eigenvalue weighted by Crippen LogP contribution is -3.00. The molecule has 0 bridgehead atoms. The summed E-state index contributed by atoms with van der Waals surface area (Å²) in [5, 5.41) is 3.13. The molecule has 19 heteroatoms. The summed E-state index contributed by atoms with van der Waals surface area (Å²) in [5.74, 6) is -0.856. The van der Waals surface area contributed by atoms with Crippen LogP contribution in [0.4, 0.5) is 11.4 Å². The lowest BCUT2D eigenvalue weighted by molar-refractivity contribution is -0.0000363. The third-order valence-corrected chi connectivity index (χ3v) is 10.7. The van der Waals surface area contributed by atoms with Gasteiger partial charge in [0.05, 0.1) is 41.4 Å². The minimum Gasteiger partial charge on any atom is -1.00 e. The maximum Gasteiger partial charge on any atom is 0.340 e.